The molecule has 2 amide bonds. The topological polar surface area (TPSA) is 105 Å². The van der Waals surface area contributed by atoms with Crippen molar-refractivity contribution in [3.8, 4) is 0 Å². The molecule has 4 rings (SSSR count). The first-order valence-electron chi connectivity index (χ1n) is 11.9. The van der Waals surface area contributed by atoms with E-state index in [0.29, 0.717) is 48.8 Å². The van der Waals surface area contributed by atoms with Gasteiger partial charge in [0, 0.05) is 24.8 Å². The van der Waals surface area contributed by atoms with Gasteiger partial charge in [-0.3, -0.25) is 4.79 Å². The van der Waals surface area contributed by atoms with Crippen LogP contribution in [0.5, 0.6) is 0 Å². The van der Waals surface area contributed by atoms with E-state index < -0.39 is 10.0 Å². The summed E-state index contributed by atoms with van der Waals surface area (Å²) in [6, 6.07) is 9.72. The summed E-state index contributed by atoms with van der Waals surface area (Å²) in [6.45, 7) is 2.91. The fourth-order valence-electron chi connectivity index (χ4n) is 4.62. The van der Waals surface area contributed by atoms with Gasteiger partial charge in [0.15, 0.2) is 0 Å². The van der Waals surface area contributed by atoms with Crippen molar-refractivity contribution in [2.75, 3.05) is 25.0 Å². The molecule has 1 aliphatic carbocycles. The predicted molar refractivity (Wildman–Crippen MR) is 134 cm³/mol. The lowest BCUT2D eigenvalue weighted by Gasteiger charge is -2.31. The van der Waals surface area contributed by atoms with Gasteiger partial charge in [-0.2, -0.15) is 0 Å². The van der Waals surface area contributed by atoms with Gasteiger partial charge in [-0.1, -0.05) is 23.7 Å². The number of nitrogens with one attached hydrogen (secondary N) is 2. The first-order valence-corrected chi connectivity index (χ1v) is 13.8. The molecule has 35 heavy (non-hydrogen) atoms. The van der Waals surface area contributed by atoms with Crippen LogP contribution in [0.4, 0.5) is 10.5 Å². The molecule has 1 aliphatic heterocycles. The number of hydrogen-bond donors (Lipinski definition) is 2. The Morgan fingerprint density at radius 2 is 1.83 bits per heavy atom. The average molecular weight is 520 g/mol. The van der Waals surface area contributed by atoms with Crippen molar-refractivity contribution in [2.24, 2.45) is 0 Å². The fourth-order valence-corrected chi connectivity index (χ4v) is 6.22. The Hall–Kier alpha value is -2.62. The van der Waals surface area contributed by atoms with Crippen molar-refractivity contribution in [1.82, 2.24) is 9.62 Å². The number of aryl methyl sites for hydroxylation is 1. The number of amides is 2. The van der Waals surface area contributed by atoms with E-state index in [1.54, 1.807) is 42.2 Å². The molecule has 0 spiro atoms. The van der Waals surface area contributed by atoms with Crippen LogP contribution in [-0.2, 0) is 27.6 Å². The van der Waals surface area contributed by atoms with Crippen LogP contribution in [0.2, 0.25) is 5.02 Å². The SMILES string of the molecule is CCOC(=O)N1CCC(NS(=O)(=O)c2cc3c(c(NC(=O)c4ccccc4Cl)c2)CCCC3)CC1. The minimum Gasteiger partial charge on any atom is -0.450 e. The summed E-state index contributed by atoms with van der Waals surface area (Å²) >= 11 is 6.19. The first kappa shape index (κ1) is 25.5. The van der Waals surface area contributed by atoms with E-state index in [-0.39, 0.29) is 22.9 Å². The summed E-state index contributed by atoms with van der Waals surface area (Å²) in [5.41, 5.74) is 2.74. The number of nitrogens with zero attached hydrogens (tertiary/aromatic N) is 1. The highest BCUT2D eigenvalue weighted by Gasteiger charge is 2.29. The van der Waals surface area contributed by atoms with Gasteiger partial charge in [0.05, 0.1) is 22.1 Å². The van der Waals surface area contributed by atoms with E-state index in [0.717, 1.165) is 36.8 Å². The van der Waals surface area contributed by atoms with E-state index in [1.807, 2.05) is 0 Å². The molecule has 10 heteroatoms. The number of likely N-dealkylation sites (tertiary alicyclic amines) is 1. The summed E-state index contributed by atoms with van der Waals surface area (Å²) in [4.78, 5) is 26.6. The van der Waals surface area contributed by atoms with Crippen LogP contribution >= 0.6 is 11.6 Å². The maximum absolute atomic E-state index is 13.3. The highest BCUT2D eigenvalue weighted by Crippen LogP contribution is 2.32. The molecule has 0 aromatic heterocycles. The Balaban J connectivity index is 1.54. The number of piperidine rings is 1. The van der Waals surface area contributed by atoms with Crippen LogP contribution in [0.1, 0.15) is 54.1 Å². The van der Waals surface area contributed by atoms with Crippen LogP contribution in [0.3, 0.4) is 0 Å². The van der Waals surface area contributed by atoms with Crippen molar-refractivity contribution in [3.05, 3.63) is 58.1 Å². The number of rotatable bonds is 6. The van der Waals surface area contributed by atoms with E-state index in [9.17, 15) is 18.0 Å². The van der Waals surface area contributed by atoms with Crippen LogP contribution in [-0.4, -0.2) is 51.1 Å². The number of sulfonamides is 1. The summed E-state index contributed by atoms with van der Waals surface area (Å²) in [5, 5.41) is 3.23. The normalized spacial score (nSPS) is 16.5. The number of fused-ring (bicyclic) bond motifs is 1. The van der Waals surface area contributed by atoms with Gasteiger partial charge in [-0.05, 0) is 80.8 Å². The zero-order chi connectivity index (χ0) is 25.0. The first-order chi connectivity index (χ1) is 16.8. The van der Waals surface area contributed by atoms with Crippen LogP contribution in [0, 0.1) is 0 Å². The van der Waals surface area contributed by atoms with Gasteiger partial charge in [-0.15, -0.1) is 0 Å². The second-order valence-corrected chi connectivity index (χ2v) is 11.0. The summed E-state index contributed by atoms with van der Waals surface area (Å²) in [5.74, 6) is -0.378. The fraction of sp³-hybridized carbons (Fsp3) is 0.440. The molecule has 8 nitrogen and oxygen atoms in total. The third kappa shape index (κ3) is 5.97. The van der Waals surface area contributed by atoms with Gasteiger partial charge in [0.1, 0.15) is 0 Å². The summed E-state index contributed by atoms with van der Waals surface area (Å²) in [6.07, 6.45) is 4.10. The molecule has 2 aliphatic rings. The number of carbonyl (C=O) groups excluding carboxylic acids is 2. The van der Waals surface area contributed by atoms with Crippen molar-refractivity contribution in [2.45, 2.75) is 56.4 Å². The van der Waals surface area contributed by atoms with Crippen LogP contribution in [0.25, 0.3) is 0 Å². The summed E-state index contributed by atoms with van der Waals surface area (Å²) < 4.78 is 34.5. The van der Waals surface area contributed by atoms with Crippen LogP contribution < -0.4 is 10.0 Å². The number of benzene rings is 2. The maximum Gasteiger partial charge on any atom is 0.409 e. The monoisotopic (exact) mass is 519 g/mol. The number of carbonyl (C=O) groups is 2. The minimum absolute atomic E-state index is 0.125. The number of halogens is 1. The molecule has 0 unspecified atom stereocenters. The van der Waals surface area contributed by atoms with Crippen molar-refractivity contribution in [1.29, 1.82) is 0 Å². The van der Waals surface area contributed by atoms with E-state index in [2.05, 4.69) is 10.0 Å². The maximum atomic E-state index is 13.3. The molecule has 0 radical (unpaired) electrons. The van der Waals surface area contributed by atoms with Gasteiger partial charge >= 0.3 is 6.09 Å². The van der Waals surface area contributed by atoms with E-state index in [1.165, 1.54) is 6.07 Å². The molecule has 0 bridgehead atoms. The predicted octanol–water partition coefficient (Wildman–Crippen LogP) is 4.37. The molecule has 1 saturated heterocycles. The highest BCUT2D eigenvalue weighted by molar-refractivity contribution is 7.89. The van der Waals surface area contributed by atoms with E-state index in [4.69, 9.17) is 16.3 Å². The molecule has 1 heterocycles. The number of ether oxygens (including phenoxy) is 1. The zero-order valence-corrected chi connectivity index (χ0v) is 21.3. The average Bonchev–Trinajstić information content (AvgIpc) is 2.84. The van der Waals surface area contributed by atoms with Crippen LogP contribution in [0.15, 0.2) is 41.3 Å². The molecule has 2 aromatic carbocycles. The lowest BCUT2D eigenvalue weighted by Crippen LogP contribution is -2.46. The smallest absolute Gasteiger partial charge is 0.409 e. The molecule has 2 aromatic rings. The Morgan fingerprint density at radius 3 is 2.54 bits per heavy atom. The Bertz CT molecular complexity index is 1210. The molecular weight excluding hydrogens is 490 g/mol. The molecule has 0 saturated carbocycles. The van der Waals surface area contributed by atoms with Gasteiger partial charge in [0.2, 0.25) is 10.0 Å². The molecular formula is C25H30ClN3O5S. The third-order valence-corrected chi connectivity index (χ3v) is 8.29. The molecule has 2 N–H and O–H groups in total. The zero-order valence-electron chi connectivity index (χ0n) is 19.7. The molecule has 0 atom stereocenters. The quantitative estimate of drug-likeness (QED) is 0.589. The standard InChI is InChI=1S/C25H30ClN3O5S/c1-2-34-25(31)29-13-11-18(12-14-29)28-35(32,33)19-15-17-7-3-4-8-20(17)23(16-19)27-24(30)21-9-5-6-10-22(21)26/h5-6,9-10,15-16,18,28H,2-4,7-8,11-14H2,1H3,(H,27,30). The molecule has 188 valence electrons. The minimum atomic E-state index is -3.83. The Labute approximate surface area is 211 Å². The number of anilines is 1. The van der Waals surface area contributed by atoms with Crippen molar-refractivity contribution < 1.29 is 22.7 Å². The third-order valence-electron chi connectivity index (χ3n) is 6.46. The summed E-state index contributed by atoms with van der Waals surface area (Å²) in [7, 11) is -3.83. The highest BCUT2D eigenvalue weighted by atomic mass is 35.5. The second-order valence-electron chi connectivity index (χ2n) is 8.83. The largest absolute Gasteiger partial charge is 0.450 e. The van der Waals surface area contributed by atoms with Crippen molar-refractivity contribution in [3.63, 3.8) is 0 Å². The lowest BCUT2D eigenvalue weighted by atomic mass is 9.90. The van der Waals surface area contributed by atoms with Crippen molar-refractivity contribution >= 4 is 39.3 Å². The van der Waals surface area contributed by atoms with E-state index >= 15 is 0 Å². The Morgan fingerprint density at radius 1 is 1.11 bits per heavy atom. The number of hydrogen-bond acceptors (Lipinski definition) is 5. The van der Waals surface area contributed by atoms with Gasteiger partial charge in [-0.25, -0.2) is 17.9 Å². The molecule has 1 fully saturated rings. The Kier molecular flexibility index (Phi) is 7.98. The second kappa shape index (κ2) is 11.0. The lowest BCUT2D eigenvalue weighted by molar-refractivity contribution is 0.0964. The van der Waals surface area contributed by atoms with Gasteiger partial charge in [0.25, 0.3) is 5.91 Å². The van der Waals surface area contributed by atoms with Gasteiger partial charge < -0.3 is 15.0 Å².